The minimum Gasteiger partial charge on any atom is -0.465 e. The Morgan fingerprint density at radius 1 is 1.00 bits per heavy atom. The zero-order valence-corrected chi connectivity index (χ0v) is 21.6. The molecule has 5 fully saturated rings. The topological polar surface area (TPSA) is 38.8 Å². The third-order valence-electron chi connectivity index (χ3n) is 11.8. The van der Waals surface area contributed by atoms with E-state index in [2.05, 4.69) is 41.5 Å². The van der Waals surface area contributed by atoms with Crippen LogP contribution in [0, 0.1) is 58.2 Å². The first-order chi connectivity index (χ1) is 15.2. The van der Waals surface area contributed by atoms with Gasteiger partial charge in [-0.25, -0.2) is 0 Å². The van der Waals surface area contributed by atoms with Crippen molar-refractivity contribution in [2.24, 2.45) is 58.2 Å². The summed E-state index contributed by atoms with van der Waals surface area (Å²) in [5.41, 5.74) is 0.503. The SMILES string of the molecule is CC[C@H](CC[C@@H](C)[C@H]1CC[C@H]2[C@@H]3COC(=O)[C@H]4C[C@@H]5O[C@@H]5C[C@]4(C)[C@H]3CC[C@]12C)C(C)C. The third kappa shape index (κ3) is 3.59. The fourth-order valence-electron chi connectivity index (χ4n) is 9.70. The minimum atomic E-state index is 0.0590. The second-order valence-electron chi connectivity index (χ2n) is 13.4. The van der Waals surface area contributed by atoms with Crippen LogP contribution in [0.1, 0.15) is 99.3 Å². The number of esters is 1. The Balaban J connectivity index is 1.33. The number of hydrogen-bond donors (Lipinski definition) is 0. The van der Waals surface area contributed by atoms with Crippen molar-refractivity contribution in [2.75, 3.05) is 6.61 Å². The monoisotopic (exact) mass is 444 g/mol. The Bertz CT molecular complexity index is 717. The highest BCUT2D eigenvalue weighted by molar-refractivity contribution is 5.74. The van der Waals surface area contributed by atoms with Gasteiger partial charge in [0.05, 0.1) is 24.7 Å². The number of rotatable bonds is 6. The van der Waals surface area contributed by atoms with E-state index in [0.29, 0.717) is 36.1 Å². The van der Waals surface area contributed by atoms with Crippen molar-refractivity contribution < 1.29 is 14.3 Å². The van der Waals surface area contributed by atoms with Crippen LogP contribution in [0.2, 0.25) is 0 Å². The lowest BCUT2D eigenvalue weighted by atomic mass is 9.49. The van der Waals surface area contributed by atoms with E-state index in [1.54, 1.807) is 0 Å². The van der Waals surface area contributed by atoms with E-state index < -0.39 is 0 Å². The lowest BCUT2D eigenvalue weighted by Gasteiger charge is -2.54. The molecule has 5 aliphatic rings. The minimum absolute atomic E-state index is 0.0590. The molecule has 5 rings (SSSR count). The first kappa shape index (κ1) is 23.2. The van der Waals surface area contributed by atoms with Crippen molar-refractivity contribution in [3.8, 4) is 0 Å². The number of ether oxygens (including phenoxy) is 2. The van der Waals surface area contributed by atoms with Crippen LogP contribution in [0.15, 0.2) is 0 Å². The van der Waals surface area contributed by atoms with Crippen LogP contribution in [-0.4, -0.2) is 24.8 Å². The molecule has 11 atom stereocenters. The van der Waals surface area contributed by atoms with Gasteiger partial charge in [-0.2, -0.15) is 0 Å². The molecule has 0 unspecified atom stereocenters. The molecule has 0 aromatic carbocycles. The van der Waals surface area contributed by atoms with E-state index in [9.17, 15) is 4.79 Å². The maximum atomic E-state index is 13.1. The molecule has 0 bridgehead atoms. The fourth-order valence-corrected chi connectivity index (χ4v) is 9.70. The molecule has 32 heavy (non-hydrogen) atoms. The second-order valence-corrected chi connectivity index (χ2v) is 13.4. The molecule has 0 amide bonds. The van der Waals surface area contributed by atoms with Crippen LogP contribution in [0.3, 0.4) is 0 Å². The van der Waals surface area contributed by atoms with Gasteiger partial charge >= 0.3 is 5.97 Å². The maximum Gasteiger partial charge on any atom is 0.309 e. The van der Waals surface area contributed by atoms with Crippen molar-refractivity contribution in [2.45, 2.75) is 112 Å². The van der Waals surface area contributed by atoms with Gasteiger partial charge in [0.25, 0.3) is 0 Å². The van der Waals surface area contributed by atoms with Gasteiger partial charge in [-0.15, -0.1) is 0 Å². The lowest BCUT2D eigenvalue weighted by molar-refractivity contribution is -0.152. The Labute approximate surface area is 196 Å². The fraction of sp³-hybridized carbons (Fsp3) is 0.966. The van der Waals surface area contributed by atoms with Crippen molar-refractivity contribution in [3.63, 3.8) is 0 Å². The van der Waals surface area contributed by atoms with Gasteiger partial charge < -0.3 is 9.47 Å². The quantitative estimate of drug-likeness (QED) is 0.331. The van der Waals surface area contributed by atoms with E-state index in [1.165, 1.54) is 44.9 Å². The predicted molar refractivity (Wildman–Crippen MR) is 128 cm³/mol. The van der Waals surface area contributed by atoms with Gasteiger partial charge in [0.2, 0.25) is 0 Å². The largest absolute Gasteiger partial charge is 0.465 e. The zero-order chi connectivity index (χ0) is 22.8. The van der Waals surface area contributed by atoms with Crippen LogP contribution in [0.25, 0.3) is 0 Å². The molecule has 2 aliphatic heterocycles. The molecular formula is C29H48O3. The number of fused-ring (bicyclic) bond motifs is 6. The van der Waals surface area contributed by atoms with E-state index in [1.807, 2.05) is 0 Å². The van der Waals surface area contributed by atoms with Gasteiger partial charge in [0.15, 0.2) is 0 Å². The van der Waals surface area contributed by atoms with E-state index in [4.69, 9.17) is 9.47 Å². The first-order valence-electron chi connectivity index (χ1n) is 14.0. The maximum absolute atomic E-state index is 13.1. The average molecular weight is 445 g/mol. The highest BCUT2D eigenvalue weighted by atomic mass is 16.6. The van der Waals surface area contributed by atoms with E-state index in [-0.39, 0.29) is 17.3 Å². The van der Waals surface area contributed by atoms with Gasteiger partial charge in [-0.1, -0.05) is 54.4 Å². The third-order valence-corrected chi connectivity index (χ3v) is 11.8. The summed E-state index contributed by atoms with van der Waals surface area (Å²) in [6, 6.07) is 0. The molecule has 3 aliphatic carbocycles. The molecule has 0 N–H and O–H groups in total. The predicted octanol–water partition coefficient (Wildman–Crippen LogP) is 6.88. The summed E-state index contributed by atoms with van der Waals surface area (Å²) in [7, 11) is 0. The second kappa shape index (κ2) is 8.28. The number of hydrogen-bond acceptors (Lipinski definition) is 3. The molecule has 3 heteroatoms. The smallest absolute Gasteiger partial charge is 0.309 e. The lowest BCUT2D eigenvalue weighted by Crippen LogP contribution is -2.51. The molecule has 2 heterocycles. The Kier molecular flexibility index (Phi) is 6.00. The number of carbonyl (C=O) groups is 1. The van der Waals surface area contributed by atoms with Crippen LogP contribution < -0.4 is 0 Å². The van der Waals surface area contributed by atoms with E-state index >= 15 is 0 Å². The van der Waals surface area contributed by atoms with E-state index in [0.717, 1.165) is 42.4 Å². The summed E-state index contributed by atoms with van der Waals surface area (Å²) in [5.74, 6) is 5.36. The standard InChI is InChI=1S/C29H48O3/c1-7-19(17(2)3)9-8-18(4)21-10-11-22-20-16-31-27(30)24-14-25-26(32-25)15-29(24,6)23(20)12-13-28(21,22)5/h17-26H,7-16H2,1-6H3/t18-,19-,20+,21-,22+,23+,24-,25+,26-,28-,29-/m1/s1. The number of cyclic esters (lactones) is 1. The van der Waals surface area contributed by atoms with Crippen molar-refractivity contribution in [3.05, 3.63) is 0 Å². The average Bonchev–Trinajstić information content (AvgIpc) is 3.42. The van der Waals surface area contributed by atoms with Gasteiger partial charge in [0.1, 0.15) is 0 Å². The van der Waals surface area contributed by atoms with Crippen molar-refractivity contribution in [1.82, 2.24) is 0 Å². The molecule has 0 radical (unpaired) electrons. The van der Waals surface area contributed by atoms with Crippen LogP contribution in [-0.2, 0) is 14.3 Å². The van der Waals surface area contributed by atoms with Crippen LogP contribution in [0.4, 0.5) is 0 Å². The number of epoxide rings is 1. The van der Waals surface area contributed by atoms with Crippen LogP contribution in [0.5, 0.6) is 0 Å². The highest BCUT2D eigenvalue weighted by Crippen LogP contribution is 2.67. The zero-order valence-electron chi connectivity index (χ0n) is 21.6. The van der Waals surface area contributed by atoms with Crippen molar-refractivity contribution in [1.29, 1.82) is 0 Å². The Morgan fingerprint density at radius 2 is 1.75 bits per heavy atom. The first-order valence-corrected chi connectivity index (χ1v) is 14.0. The van der Waals surface area contributed by atoms with Crippen molar-refractivity contribution >= 4 is 5.97 Å². The normalized spacial score (nSPS) is 49.2. The summed E-state index contributed by atoms with van der Waals surface area (Å²) in [6.07, 6.45) is 12.2. The summed E-state index contributed by atoms with van der Waals surface area (Å²) >= 11 is 0. The van der Waals surface area contributed by atoms with Gasteiger partial charge in [-0.05, 0) is 97.2 Å². The molecule has 0 aromatic rings. The highest BCUT2D eigenvalue weighted by Gasteiger charge is 2.65. The number of carbonyl (C=O) groups excluding carboxylic acids is 1. The molecule has 0 spiro atoms. The molecular weight excluding hydrogens is 396 g/mol. The van der Waals surface area contributed by atoms with Gasteiger partial charge in [-0.3, -0.25) is 4.79 Å². The summed E-state index contributed by atoms with van der Waals surface area (Å²) in [5, 5.41) is 0. The van der Waals surface area contributed by atoms with Gasteiger partial charge in [0, 0.05) is 0 Å². The van der Waals surface area contributed by atoms with Crippen LogP contribution >= 0.6 is 0 Å². The molecule has 0 aromatic heterocycles. The molecule has 182 valence electrons. The molecule has 3 saturated carbocycles. The Morgan fingerprint density at radius 3 is 2.47 bits per heavy atom. The summed E-state index contributed by atoms with van der Waals surface area (Å²) < 4.78 is 12.0. The summed E-state index contributed by atoms with van der Waals surface area (Å²) in [4.78, 5) is 13.1. The molecule has 2 saturated heterocycles. The Hall–Kier alpha value is -0.570. The molecule has 3 nitrogen and oxygen atoms in total. The summed E-state index contributed by atoms with van der Waals surface area (Å²) in [6.45, 7) is 15.4.